The highest BCUT2D eigenvalue weighted by Gasteiger charge is 2.30. The molecule has 1 unspecified atom stereocenters. The first-order valence-electron chi connectivity index (χ1n) is 8.20. The Morgan fingerprint density at radius 3 is 2.38 bits per heavy atom. The van der Waals surface area contributed by atoms with Crippen molar-refractivity contribution in [2.24, 2.45) is 0 Å². The first-order chi connectivity index (χ1) is 11.3. The fourth-order valence-corrected chi connectivity index (χ4v) is 2.81. The van der Waals surface area contributed by atoms with Crippen LogP contribution in [-0.4, -0.2) is 67.2 Å². The van der Waals surface area contributed by atoms with Crippen LogP contribution >= 0.6 is 0 Å². The molecule has 24 heavy (non-hydrogen) atoms. The van der Waals surface area contributed by atoms with Gasteiger partial charge in [-0.15, -0.1) is 0 Å². The van der Waals surface area contributed by atoms with Crippen LogP contribution in [0.15, 0.2) is 30.3 Å². The minimum atomic E-state index is -4.37. The molecule has 1 fully saturated rings. The minimum absolute atomic E-state index is 0.538. The molecule has 4 nitrogen and oxygen atoms in total. The summed E-state index contributed by atoms with van der Waals surface area (Å²) in [4.78, 5) is 16.1. The number of carbonyl (C=O) groups excluding carboxylic acids is 1. The smallest absolute Gasteiger partial charge is 0.346 e. The molecule has 1 N–H and O–H groups in total. The predicted octanol–water partition coefficient (Wildman–Crippen LogP) is 1.91. The quantitative estimate of drug-likeness (QED) is 0.857. The van der Waals surface area contributed by atoms with Gasteiger partial charge in [-0.1, -0.05) is 30.3 Å². The second kappa shape index (κ2) is 8.48. The molecule has 0 bridgehead atoms. The van der Waals surface area contributed by atoms with Crippen molar-refractivity contribution in [3.8, 4) is 0 Å². The standard InChI is InChI=1S/C17H24F3N3O/c1-14(16(24)21-13-17(18,19)20)23-11-9-22(10-12-23)8-7-15-5-3-2-4-6-15/h2-6,14H,7-13H2,1H3,(H,21,24). The van der Waals surface area contributed by atoms with E-state index in [1.807, 2.05) is 28.4 Å². The van der Waals surface area contributed by atoms with Crippen LogP contribution in [0.5, 0.6) is 0 Å². The number of amides is 1. The maximum absolute atomic E-state index is 12.2. The molecule has 134 valence electrons. The summed E-state index contributed by atoms with van der Waals surface area (Å²) in [5, 5.41) is 1.96. The van der Waals surface area contributed by atoms with Crippen molar-refractivity contribution in [3.63, 3.8) is 0 Å². The maximum atomic E-state index is 12.2. The lowest BCUT2D eigenvalue weighted by Gasteiger charge is -2.37. The normalized spacial score (nSPS) is 18.3. The highest BCUT2D eigenvalue weighted by Crippen LogP contribution is 2.13. The highest BCUT2D eigenvalue weighted by molar-refractivity contribution is 5.81. The fourth-order valence-electron chi connectivity index (χ4n) is 2.81. The first kappa shape index (κ1) is 18.7. The van der Waals surface area contributed by atoms with E-state index in [9.17, 15) is 18.0 Å². The Morgan fingerprint density at radius 1 is 1.17 bits per heavy atom. The molecule has 1 atom stereocenters. The second-order valence-corrected chi connectivity index (χ2v) is 6.12. The number of rotatable bonds is 6. The third-order valence-corrected chi connectivity index (χ3v) is 4.36. The molecule has 0 aromatic heterocycles. The van der Waals surface area contributed by atoms with Crippen LogP contribution in [-0.2, 0) is 11.2 Å². The van der Waals surface area contributed by atoms with Gasteiger partial charge in [0.15, 0.2) is 0 Å². The van der Waals surface area contributed by atoms with E-state index in [1.54, 1.807) is 6.92 Å². The number of nitrogens with zero attached hydrogens (tertiary/aromatic N) is 2. The van der Waals surface area contributed by atoms with Crippen LogP contribution in [0.3, 0.4) is 0 Å². The van der Waals surface area contributed by atoms with Gasteiger partial charge in [0.1, 0.15) is 6.54 Å². The van der Waals surface area contributed by atoms with Crippen LogP contribution < -0.4 is 5.32 Å². The molecule has 1 aliphatic heterocycles. The lowest BCUT2D eigenvalue weighted by atomic mass is 10.1. The van der Waals surface area contributed by atoms with Crippen LogP contribution in [0.1, 0.15) is 12.5 Å². The number of benzene rings is 1. The van der Waals surface area contributed by atoms with E-state index in [0.29, 0.717) is 13.1 Å². The molecule has 7 heteroatoms. The SMILES string of the molecule is CC(C(=O)NCC(F)(F)F)N1CCN(CCc2ccccc2)CC1. The number of hydrogen-bond donors (Lipinski definition) is 1. The second-order valence-electron chi connectivity index (χ2n) is 6.12. The van der Waals surface area contributed by atoms with Gasteiger partial charge in [-0.2, -0.15) is 13.2 Å². The van der Waals surface area contributed by atoms with Crippen molar-refractivity contribution in [3.05, 3.63) is 35.9 Å². The Labute approximate surface area is 140 Å². The molecule has 0 aliphatic carbocycles. The molecule has 1 amide bonds. The van der Waals surface area contributed by atoms with E-state index in [0.717, 1.165) is 26.1 Å². The van der Waals surface area contributed by atoms with Gasteiger partial charge in [-0.3, -0.25) is 9.69 Å². The fraction of sp³-hybridized carbons (Fsp3) is 0.588. The summed E-state index contributed by atoms with van der Waals surface area (Å²) in [6.45, 7) is 4.36. The Balaban J connectivity index is 1.70. The summed E-state index contributed by atoms with van der Waals surface area (Å²) in [6.07, 6.45) is -3.39. The number of nitrogens with one attached hydrogen (secondary N) is 1. The van der Waals surface area contributed by atoms with E-state index in [4.69, 9.17) is 0 Å². The predicted molar refractivity (Wildman–Crippen MR) is 86.7 cm³/mol. The summed E-state index contributed by atoms with van der Waals surface area (Å²) >= 11 is 0. The number of carbonyl (C=O) groups is 1. The first-order valence-corrected chi connectivity index (χ1v) is 8.20. The zero-order chi connectivity index (χ0) is 17.6. The van der Waals surface area contributed by atoms with Crippen LogP contribution in [0.25, 0.3) is 0 Å². The van der Waals surface area contributed by atoms with Gasteiger partial charge in [0.2, 0.25) is 5.91 Å². The lowest BCUT2D eigenvalue weighted by Crippen LogP contribution is -2.54. The Kier molecular flexibility index (Phi) is 6.62. The van der Waals surface area contributed by atoms with Crippen molar-refractivity contribution in [2.75, 3.05) is 39.3 Å². The van der Waals surface area contributed by atoms with Gasteiger partial charge < -0.3 is 10.2 Å². The van der Waals surface area contributed by atoms with E-state index >= 15 is 0 Å². The molecule has 0 spiro atoms. The van der Waals surface area contributed by atoms with Gasteiger partial charge in [0, 0.05) is 32.7 Å². The number of halogens is 3. The summed E-state index contributed by atoms with van der Waals surface area (Å²) in [7, 11) is 0. The molecular formula is C17H24F3N3O. The third kappa shape index (κ3) is 6.13. The highest BCUT2D eigenvalue weighted by atomic mass is 19.4. The van der Waals surface area contributed by atoms with Crippen LogP contribution in [0, 0.1) is 0 Å². The summed E-state index contributed by atoms with van der Waals surface area (Å²) in [5.41, 5.74) is 1.29. The van der Waals surface area contributed by atoms with Gasteiger partial charge in [-0.25, -0.2) is 0 Å². The van der Waals surface area contributed by atoms with Crippen molar-refractivity contribution < 1.29 is 18.0 Å². The molecule has 2 rings (SSSR count). The topological polar surface area (TPSA) is 35.6 Å². The molecule has 1 aromatic rings. The molecule has 1 aromatic carbocycles. The van der Waals surface area contributed by atoms with Crippen LogP contribution in [0.2, 0.25) is 0 Å². The Bertz CT molecular complexity index is 514. The van der Waals surface area contributed by atoms with Gasteiger partial charge in [0.25, 0.3) is 0 Å². The van der Waals surface area contributed by atoms with E-state index < -0.39 is 24.7 Å². The third-order valence-electron chi connectivity index (χ3n) is 4.36. The zero-order valence-electron chi connectivity index (χ0n) is 13.9. The average molecular weight is 343 g/mol. The Hall–Kier alpha value is -1.60. The van der Waals surface area contributed by atoms with E-state index in [1.165, 1.54) is 5.56 Å². The lowest BCUT2D eigenvalue weighted by molar-refractivity contribution is -0.141. The van der Waals surface area contributed by atoms with Gasteiger partial charge in [-0.05, 0) is 18.9 Å². The van der Waals surface area contributed by atoms with Crippen LogP contribution in [0.4, 0.5) is 13.2 Å². The van der Waals surface area contributed by atoms with Crippen molar-refractivity contribution in [1.29, 1.82) is 0 Å². The molecule has 1 aliphatic rings. The largest absolute Gasteiger partial charge is 0.405 e. The van der Waals surface area contributed by atoms with Crippen molar-refractivity contribution in [2.45, 2.75) is 25.6 Å². The zero-order valence-corrected chi connectivity index (χ0v) is 13.9. The monoisotopic (exact) mass is 343 g/mol. The number of alkyl halides is 3. The molecule has 1 heterocycles. The summed E-state index contributed by atoms with van der Waals surface area (Å²) in [6, 6.07) is 9.70. The Morgan fingerprint density at radius 2 is 1.79 bits per heavy atom. The summed E-state index contributed by atoms with van der Waals surface area (Å²) in [5.74, 6) is -0.565. The number of piperazine rings is 1. The molecule has 0 radical (unpaired) electrons. The summed E-state index contributed by atoms with van der Waals surface area (Å²) < 4.78 is 36.5. The van der Waals surface area contributed by atoms with Crippen molar-refractivity contribution in [1.82, 2.24) is 15.1 Å². The van der Waals surface area contributed by atoms with E-state index in [-0.39, 0.29) is 0 Å². The van der Waals surface area contributed by atoms with Crippen molar-refractivity contribution >= 4 is 5.91 Å². The van der Waals surface area contributed by atoms with Gasteiger partial charge >= 0.3 is 6.18 Å². The minimum Gasteiger partial charge on any atom is -0.346 e. The molecular weight excluding hydrogens is 319 g/mol. The van der Waals surface area contributed by atoms with Gasteiger partial charge in [0.05, 0.1) is 6.04 Å². The number of hydrogen-bond acceptors (Lipinski definition) is 3. The average Bonchev–Trinajstić information content (AvgIpc) is 2.58. The molecule has 0 saturated carbocycles. The molecule has 1 saturated heterocycles. The maximum Gasteiger partial charge on any atom is 0.405 e. The van der Waals surface area contributed by atoms with E-state index in [2.05, 4.69) is 17.0 Å².